The molecular weight excluding hydrogens is 695 g/mol. The van der Waals surface area contributed by atoms with Crippen molar-refractivity contribution in [1.29, 1.82) is 0 Å². The first-order chi connectivity index (χ1) is 25.6. The van der Waals surface area contributed by atoms with Gasteiger partial charge >= 0.3 is 25.7 Å². The summed E-state index contributed by atoms with van der Waals surface area (Å²) in [5.41, 5.74) is 0. The fraction of sp³-hybridized carbons (Fsp3) is 0.738. The average Bonchev–Trinajstić information content (AvgIpc) is 3.13. The molecule has 11 heteroatoms. The van der Waals surface area contributed by atoms with Gasteiger partial charge in [-0.15, -0.1) is 0 Å². The smallest absolute Gasteiger partial charge is 0.443 e. The number of ether oxygens (including phenoxy) is 3. The van der Waals surface area contributed by atoms with Crippen LogP contribution in [0.5, 0.6) is 0 Å². The predicted octanol–water partition coefficient (Wildman–Crippen LogP) is 9.71. The van der Waals surface area contributed by atoms with Crippen molar-refractivity contribution in [3.63, 3.8) is 0 Å². The van der Waals surface area contributed by atoms with E-state index in [0.717, 1.165) is 44.9 Å². The Hall–Kier alpha value is -2.20. The van der Waals surface area contributed by atoms with Crippen molar-refractivity contribution < 1.29 is 48.4 Å². The first-order valence-electron chi connectivity index (χ1n) is 20.4. The molecule has 0 rings (SSSR count). The van der Waals surface area contributed by atoms with E-state index in [4.69, 9.17) is 19.3 Å². The SMILES string of the molecule is CCCCCC=CCC=CCC=CCC=CCCCC(=O)O[C@H](COC(=O)CCCCCCCCCCCCCCC)COC(C(=O)CO)[P+](O)(O)O. The van der Waals surface area contributed by atoms with Crippen LogP contribution in [-0.4, -0.2) is 69.3 Å². The Kier molecular flexibility index (Phi) is 35.2. The Bertz CT molecular complexity index is 1020. The van der Waals surface area contributed by atoms with Crippen molar-refractivity contribution in [2.75, 3.05) is 19.8 Å². The molecule has 0 saturated carbocycles. The molecule has 10 nitrogen and oxygen atoms in total. The third kappa shape index (κ3) is 34.1. The second-order valence-corrected chi connectivity index (χ2v) is 15.4. The lowest BCUT2D eigenvalue weighted by Gasteiger charge is -2.21. The minimum Gasteiger partial charge on any atom is -0.462 e. The molecule has 0 amide bonds. The van der Waals surface area contributed by atoms with Gasteiger partial charge < -0.3 is 19.3 Å². The van der Waals surface area contributed by atoms with Crippen molar-refractivity contribution in [3.8, 4) is 0 Å². The Morgan fingerprint density at radius 3 is 1.47 bits per heavy atom. The van der Waals surface area contributed by atoms with Crippen molar-refractivity contribution in [2.24, 2.45) is 0 Å². The van der Waals surface area contributed by atoms with E-state index in [1.165, 1.54) is 77.0 Å². The van der Waals surface area contributed by atoms with Crippen LogP contribution in [0.4, 0.5) is 0 Å². The van der Waals surface area contributed by atoms with Crippen LogP contribution in [-0.2, 0) is 28.6 Å². The molecule has 0 fully saturated rings. The third-order valence-electron chi connectivity index (χ3n) is 8.61. The molecule has 306 valence electrons. The van der Waals surface area contributed by atoms with Crippen LogP contribution in [0.1, 0.15) is 168 Å². The van der Waals surface area contributed by atoms with Gasteiger partial charge in [-0.1, -0.05) is 152 Å². The number of hydrogen-bond donors (Lipinski definition) is 4. The zero-order chi connectivity index (χ0) is 39.3. The van der Waals surface area contributed by atoms with Gasteiger partial charge in [0.1, 0.15) is 13.2 Å². The maximum absolute atomic E-state index is 12.6. The highest BCUT2D eigenvalue weighted by Gasteiger charge is 2.49. The highest BCUT2D eigenvalue weighted by molar-refractivity contribution is 7.60. The first kappa shape index (κ1) is 50.8. The number of esters is 2. The predicted molar refractivity (Wildman–Crippen MR) is 215 cm³/mol. The normalized spacial score (nSPS) is 13.5. The van der Waals surface area contributed by atoms with Crippen molar-refractivity contribution in [2.45, 2.75) is 180 Å². The molecule has 1 unspecified atom stereocenters. The zero-order valence-corrected chi connectivity index (χ0v) is 33.9. The Morgan fingerprint density at radius 2 is 0.981 bits per heavy atom. The number of carbonyl (C=O) groups is 3. The van der Waals surface area contributed by atoms with E-state index >= 15 is 0 Å². The summed E-state index contributed by atoms with van der Waals surface area (Å²) < 4.78 is 15.9. The van der Waals surface area contributed by atoms with Crippen LogP contribution in [0.2, 0.25) is 0 Å². The number of rotatable bonds is 37. The summed E-state index contributed by atoms with van der Waals surface area (Å²) in [7, 11) is -4.81. The summed E-state index contributed by atoms with van der Waals surface area (Å²) in [6.07, 6.45) is 40.3. The van der Waals surface area contributed by atoms with E-state index in [1.807, 2.05) is 12.2 Å². The molecule has 0 saturated heterocycles. The van der Waals surface area contributed by atoms with Crippen LogP contribution in [0.3, 0.4) is 0 Å². The van der Waals surface area contributed by atoms with E-state index < -0.39 is 50.8 Å². The van der Waals surface area contributed by atoms with Crippen LogP contribution in [0, 0.1) is 0 Å². The molecule has 0 aliphatic rings. The molecule has 0 bridgehead atoms. The Balaban J connectivity index is 4.51. The van der Waals surface area contributed by atoms with E-state index in [9.17, 15) is 29.1 Å². The van der Waals surface area contributed by atoms with Crippen molar-refractivity contribution >= 4 is 25.7 Å². The van der Waals surface area contributed by atoms with Gasteiger partial charge in [0.25, 0.3) is 0 Å². The minimum absolute atomic E-state index is 0.0807. The molecule has 2 atom stereocenters. The second-order valence-electron chi connectivity index (χ2n) is 13.7. The Morgan fingerprint density at radius 1 is 0.547 bits per heavy atom. The fourth-order valence-corrected chi connectivity index (χ4v) is 6.25. The van der Waals surface area contributed by atoms with Crippen LogP contribution >= 0.6 is 7.94 Å². The zero-order valence-electron chi connectivity index (χ0n) is 33.1. The number of carbonyl (C=O) groups excluding carboxylic acids is 3. The van der Waals surface area contributed by atoms with Gasteiger partial charge in [-0.25, -0.2) is 0 Å². The number of hydrogen-bond acceptors (Lipinski definition) is 10. The number of ketones is 1. The lowest BCUT2D eigenvalue weighted by atomic mass is 10.0. The summed E-state index contributed by atoms with van der Waals surface area (Å²) in [5.74, 6) is -4.29. The molecule has 0 aromatic heterocycles. The largest absolute Gasteiger partial charge is 0.462 e. The summed E-state index contributed by atoms with van der Waals surface area (Å²) in [6, 6.07) is 0. The maximum Gasteiger partial charge on any atom is 0.443 e. The lowest BCUT2D eigenvalue weighted by molar-refractivity contribution is -0.164. The Labute approximate surface area is 321 Å². The van der Waals surface area contributed by atoms with E-state index in [-0.39, 0.29) is 19.4 Å². The monoisotopic (exact) mass is 770 g/mol. The van der Waals surface area contributed by atoms with Crippen molar-refractivity contribution in [1.82, 2.24) is 0 Å². The highest BCUT2D eigenvalue weighted by atomic mass is 31.2. The topological polar surface area (TPSA) is 160 Å². The molecular formula is C42H74O10P+. The van der Waals surface area contributed by atoms with Crippen LogP contribution in [0.15, 0.2) is 48.6 Å². The standard InChI is InChI=1S/C42H74O10P/c1-3-5-7-9-11-13-15-17-18-19-20-22-24-26-28-30-32-34-41(46)52-38(37-51-42(39(44)35-43)53(47,48)49)36-50-40(45)33-31-29-27-25-23-21-16-14-12-10-8-6-4-2/h11,13,17-18,20,22,26,28,38,42-43,47-49H,3-10,12,14-16,19,21,23-25,27,29-37H2,1-2H3/q+1/t38-,42?/m1/s1. The molecule has 0 radical (unpaired) electrons. The number of aliphatic hydroxyl groups excluding tert-OH is 1. The number of unbranched alkanes of at least 4 members (excludes halogenated alkanes) is 16. The summed E-state index contributed by atoms with van der Waals surface area (Å²) in [6.45, 7) is 2.42. The molecule has 4 N–H and O–H groups in total. The van der Waals surface area contributed by atoms with Gasteiger partial charge in [0.05, 0.1) is 6.61 Å². The highest BCUT2D eigenvalue weighted by Crippen LogP contribution is 2.51. The summed E-state index contributed by atoms with van der Waals surface area (Å²) in [4.78, 5) is 65.7. The molecule has 0 aromatic rings. The van der Waals surface area contributed by atoms with Gasteiger partial charge in [0.15, 0.2) is 6.10 Å². The van der Waals surface area contributed by atoms with Gasteiger partial charge in [-0.05, 0) is 51.4 Å². The van der Waals surface area contributed by atoms with Crippen molar-refractivity contribution in [3.05, 3.63) is 48.6 Å². The second kappa shape index (κ2) is 36.8. The summed E-state index contributed by atoms with van der Waals surface area (Å²) in [5, 5.41) is 9.13. The van der Waals surface area contributed by atoms with E-state index in [2.05, 4.69) is 50.3 Å². The lowest BCUT2D eigenvalue weighted by Crippen LogP contribution is -2.36. The molecule has 0 heterocycles. The van der Waals surface area contributed by atoms with Crippen LogP contribution in [0.25, 0.3) is 0 Å². The molecule has 0 aliphatic carbocycles. The van der Waals surface area contributed by atoms with E-state index in [0.29, 0.717) is 19.3 Å². The van der Waals surface area contributed by atoms with E-state index in [1.54, 1.807) is 0 Å². The quantitative estimate of drug-likeness (QED) is 0.0207. The number of allylic oxidation sites excluding steroid dienone is 8. The van der Waals surface area contributed by atoms with Gasteiger partial charge in [-0.3, -0.25) is 14.4 Å². The van der Waals surface area contributed by atoms with Gasteiger partial charge in [-0.2, -0.15) is 14.7 Å². The first-order valence-corrected chi connectivity index (χ1v) is 22.1. The van der Waals surface area contributed by atoms with Crippen LogP contribution < -0.4 is 0 Å². The minimum atomic E-state index is -4.81. The fourth-order valence-electron chi connectivity index (χ4n) is 5.49. The van der Waals surface area contributed by atoms with Gasteiger partial charge in [0.2, 0.25) is 5.78 Å². The van der Waals surface area contributed by atoms with Gasteiger partial charge in [0, 0.05) is 12.8 Å². The molecule has 0 aromatic carbocycles. The number of Topliss-reactive ketones (excluding diaryl/α,β-unsaturated/α-hetero) is 1. The molecule has 0 spiro atoms. The number of aliphatic hydroxyl groups is 1. The maximum atomic E-state index is 12.6. The average molecular weight is 770 g/mol. The summed E-state index contributed by atoms with van der Waals surface area (Å²) >= 11 is 0. The molecule has 53 heavy (non-hydrogen) atoms. The third-order valence-corrected chi connectivity index (χ3v) is 9.67. The molecule has 0 aliphatic heterocycles.